The van der Waals surface area contributed by atoms with Gasteiger partial charge in [0, 0.05) is 13.2 Å². The van der Waals surface area contributed by atoms with Crippen molar-refractivity contribution < 1.29 is 13.5 Å². The van der Waals surface area contributed by atoms with Gasteiger partial charge in [-0.25, -0.2) is 13.6 Å². The van der Waals surface area contributed by atoms with E-state index in [0.29, 0.717) is 12.2 Å². The summed E-state index contributed by atoms with van der Waals surface area (Å²) in [4.78, 5) is -0.0653. The van der Waals surface area contributed by atoms with E-state index in [2.05, 4.69) is 5.32 Å². The van der Waals surface area contributed by atoms with Gasteiger partial charge >= 0.3 is 0 Å². The van der Waals surface area contributed by atoms with E-state index in [1.807, 2.05) is 0 Å². The molecule has 6 N–H and O–H groups in total. The average molecular weight is 285 g/mol. The van der Waals surface area contributed by atoms with Gasteiger partial charge in [0.05, 0.1) is 11.4 Å². The number of para-hydroxylation sites is 1. The first-order valence-electron chi connectivity index (χ1n) is 6.14. The van der Waals surface area contributed by atoms with Crippen molar-refractivity contribution >= 4 is 21.4 Å². The van der Waals surface area contributed by atoms with Gasteiger partial charge in [0.2, 0.25) is 10.0 Å². The third-order valence-corrected chi connectivity index (χ3v) is 4.59. The molecule has 1 aromatic rings. The molecule has 0 unspecified atom stereocenters. The highest BCUT2D eigenvalue weighted by Gasteiger charge is 2.41. The van der Waals surface area contributed by atoms with Crippen LogP contribution in [0.15, 0.2) is 23.1 Å². The van der Waals surface area contributed by atoms with E-state index >= 15 is 0 Å². The Hall–Kier alpha value is -1.31. The van der Waals surface area contributed by atoms with Crippen molar-refractivity contribution in [1.29, 1.82) is 0 Å². The number of aliphatic hydroxyl groups excluding tert-OH is 1. The predicted octanol–water partition coefficient (Wildman–Crippen LogP) is 0.491. The maximum absolute atomic E-state index is 11.4. The molecule has 19 heavy (non-hydrogen) atoms. The fourth-order valence-electron chi connectivity index (χ4n) is 2.16. The highest BCUT2D eigenvalue weighted by molar-refractivity contribution is 7.89. The molecule has 1 fully saturated rings. The molecule has 7 heteroatoms. The van der Waals surface area contributed by atoms with E-state index < -0.39 is 10.0 Å². The van der Waals surface area contributed by atoms with Gasteiger partial charge in [-0.3, -0.25) is 0 Å². The fraction of sp³-hybridized carbons (Fsp3) is 0.500. The molecule has 0 spiro atoms. The van der Waals surface area contributed by atoms with Crippen molar-refractivity contribution in [3.05, 3.63) is 18.2 Å². The Morgan fingerprint density at radius 1 is 1.37 bits per heavy atom. The van der Waals surface area contributed by atoms with Crippen LogP contribution in [0.4, 0.5) is 11.4 Å². The minimum absolute atomic E-state index is 0.0653. The van der Waals surface area contributed by atoms with E-state index in [1.165, 1.54) is 6.07 Å². The van der Waals surface area contributed by atoms with Gasteiger partial charge in [-0.05, 0) is 36.8 Å². The molecule has 0 atom stereocenters. The second-order valence-corrected chi connectivity index (χ2v) is 6.62. The smallest absolute Gasteiger partial charge is 0.240 e. The summed E-state index contributed by atoms with van der Waals surface area (Å²) < 4.78 is 22.7. The molecule has 1 saturated carbocycles. The molecule has 0 aliphatic heterocycles. The summed E-state index contributed by atoms with van der Waals surface area (Å²) >= 11 is 0. The van der Waals surface area contributed by atoms with Crippen LogP contribution in [0.3, 0.4) is 0 Å². The van der Waals surface area contributed by atoms with Gasteiger partial charge in [0.1, 0.15) is 4.90 Å². The normalized spacial score (nSPS) is 17.2. The van der Waals surface area contributed by atoms with Crippen LogP contribution in [-0.4, -0.2) is 26.7 Å². The maximum atomic E-state index is 11.4. The van der Waals surface area contributed by atoms with E-state index in [1.54, 1.807) is 12.1 Å². The lowest BCUT2D eigenvalue weighted by Crippen LogP contribution is -2.19. The van der Waals surface area contributed by atoms with E-state index in [9.17, 15) is 8.42 Å². The minimum atomic E-state index is -3.81. The first-order chi connectivity index (χ1) is 8.88. The third kappa shape index (κ3) is 3.17. The molecule has 1 aliphatic rings. The van der Waals surface area contributed by atoms with E-state index in [4.69, 9.17) is 16.0 Å². The number of rotatable bonds is 6. The van der Waals surface area contributed by atoms with Gasteiger partial charge in [0.25, 0.3) is 0 Å². The van der Waals surface area contributed by atoms with E-state index in [-0.39, 0.29) is 22.6 Å². The van der Waals surface area contributed by atoms with Crippen molar-refractivity contribution in [2.75, 3.05) is 24.2 Å². The maximum Gasteiger partial charge on any atom is 0.240 e. The van der Waals surface area contributed by atoms with Crippen molar-refractivity contribution in [1.82, 2.24) is 0 Å². The van der Waals surface area contributed by atoms with Crippen LogP contribution in [0.5, 0.6) is 0 Å². The monoisotopic (exact) mass is 285 g/mol. The second kappa shape index (κ2) is 4.99. The first kappa shape index (κ1) is 14.1. The van der Waals surface area contributed by atoms with E-state index in [0.717, 1.165) is 19.3 Å². The minimum Gasteiger partial charge on any atom is -0.396 e. The summed E-state index contributed by atoms with van der Waals surface area (Å²) in [6.07, 6.45) is 2.87. The van der Waals surface area contributed by atoms with Crippen LogP contribution >= 0.6 is 0 Å². The van der Waals surface area contributed by atoms with Gasteiger partial charge < -0.3 is 16.2 Å². The molecule has 0 aromatic heterocycles. The van der Waals surface area contributed by atoms with Crippen LogP contribution < -0.4 is 16.2 Å². The first-order valence-corrected chi connectivity index (χ1v) is 7.69. The molecule has 0 heterocycles. The summed E-state index contributed by atoms with van der Waals surface area (Å²) in [5, 5.41) is 17.3. The molecule has 0 bridgehead atoms. The van der Waals surface area contributed by atoms with Crippen LogP contribution in [-0.2, 0) is 10.0 Å². The highest BCUT2D eigenvalue weighted by Crippen LogP contribution is 2.48. The lowest BCUT2D eigenvalue weighted by Gasteiger charge is -2.17. The Balaban J connectivity index is 2.14. The zero-order valence-corrected chi connectivity index (χ0v) is 11.4. The third-order valence-electron chi connectivity index (χ3n) is 3.63. The lowest BCUT2D eigenvalue weighted by atomic mass is 10.0. The molecule has 0 radical (unpaired) electrons. The number of sulfonamides is 1. The van der Waals surface area contributed by atoms with Gasteiger partial charge in [-0.15, -0.1) is 0 Å². The Morgan fingerprint density at radius 2 is 2.05 bits per heavy atom. The summed E-state index contributed by atoms with van der Waals surface area (Å²) in [6.45, 7) is 0.834. The predicted molar refractivity (Wildman–Crippen MR) is 74.1 cm³/mol. The SMILES string of the molecule is Nc1c(NCC2(CCO)CC2)cccc1S(N)(=O)=O. The number of aliphatic hydroxyl groups is 1. The van der Waals surface area contributed by atoms with Crippen LogP contribution in [0.1, 0.15) is 19.3 Å². The lowest BCUT2D eigenvalue weighted by molar-refractivity contribution is 0.253. The molecule has 0 saturated heterocycles. The summed E-state index contributed by atoms with van der Waals surface area (Å²) in [6, 6.07) is 4.71. The molecular formula is C12H19N3O3S. The number of primary sulfonamides is 1. The number of nitrogens with one attached hydrogen (secondary N) is 1. The number of nitrogens with two attached hydrogens (primary N) is 2. The number of nitrogen functional groups attached to an aromatic ring is 1. The Labute approximate surface area is 112 Å². The molecule has 0 amide bonds. The summed E-state index contributed by atoms with van der Waals surface area (Å²) in [5.74, 6) is 0. The van der Waals surface area contributed by atoms with Crippen LogP contribution in [0.2, 0.25) is 0 Å². The number of benzene rings is 1. The number of hydrogen-bond donors (Lipinski definition) is 4. The quantitative estimate of drug-likeness (QED) is 0.567. The molecule has 2 rings (SSSR count). The Morgan fingerprint density at radius 3 is 2.58 bits per heavy atom. The van der Waals surface area contributed by atoms with Crippen molar-refractivity contribution in [3.63, 3.8) is 0 Å². The molecule has 6 nitrogen and oxygen atoms in total. The van der Waals surface area contributed by atoms with Crippen molar-refractivity contribution in [2.45, 2.75) is 24.2 Å². The zero-order valence-electron chi connectivity index (χ0n) is 10.6. The number of hydrogen-bond acceptors (Lipinski definition) is 5. The van der Waals surface area contributed by atoms with Crippen LogP contribution in [0, 0.1) is 5.41 Å². The topological polar surface area (TPSA) is 118 Å². The second-order valence-electron chi connectivity index (χ2n) is 5.09. The standard InChI is InChI=1S/C12H19N3O3S/c13-11-9(2-1-3-10(11)19(14,17)18)15-8-12(4-5-12)6-7-16/h1-3,15-16H,4-8,13H2,(H2,14,17,18). The zero-order chi connectivity index (χ0) is 14.1. The molecule has 1 aromatic carbocycles. The molecule has 106 valence electrons. The van der Waals surface area contributed by atoms with Crippen molar-refractivity contribution in [3.8, 4) is 0 Å². The molecular weight excluding hydrogens is 266 g/mol. The molecule has 1 aliphatic carbocycles. The fourth-order valence-corrected chi connectivity index (χ4v) is 2.84. The van der Waals surface area contributed by atoms with Crippen molar-refractivity contribution in [2.24, 2.45) is 10.6 Å². The Bertz CT molecular complexity index is 568. The number of anilines is 2. The highest BCUT2D eigenvalue weighted by atomic mass is 32.2. The van der Waals surface area contributed by atoms with Gasteiger partial charge in [-0.2, -0.15) is 0 Å². The van der Waals surface area contributed by atoms with Crippen LogP contribution in [0.25, 0.3) is 0 Å². The Kier molecular flexibility index (Phi) is 3.71. The summed E-state index contributed by atoms with van der Waals surface area (Å²) in [5.41, 5.74) is 6.65. The van der Waals surface area contributed by atoms with Gasteiger partial charge in [-0.1, -0.05) is 6.07 Å². The largest absolute Gasteiger partial charge is 0.396 e. The average Bonchev–Trinajstić information content (AvgIpc) is 3.07. The summed E-state index contributed by atoms with van der Waals surface area (Å²) in [7, 11) is -3.81. The van der Waals surface area contributed by atoms with Gasteiger partial charge in [0.15, 0.2) is 0 Å².